The molecule has 0 radical (unpaired) electrons. The highest BCUT2D eigenvalue weighted by Crippen LogP contribution is 2.25. The highest BCUT2D eigenvalue weighted by Gasteiger charge is 2.38. The van der Waals surface area contributed by atoms with Gasteiger partial charge in [0.1, 0.15) is 0 Å². The van der Waals surface area contributed by atoms with E-state index in [2.05, 4.69) is 0 Å². The van der Waals surface area contributed by atoms with E-state index in [0.29, 0.717) is 12.5 Å². The fourth-order valence-electron chi connectivity index (χ4n) is 2.28. The minimum atomic E-state index is -4.50. The largest absolute Gasteiger partial charge is 0.415 e. The number of hydrogen-bond acceptors (Lipinski definition) is 2. The number of aliphatic hydroxyl groups excluding tert-OH is 1. The lowest BCUT2D eigenvalue weighted by Crippen LogP contribution is -2.41. The third-order valence-corrected chi connectivity index (χ3v) is 3.16. The molecule has 5 heteroatoms. The lowest BCUT2D eigenvalue weighted by atomic mass is 9.89. The first-order chi connectivity index (χ1) is 7.39. The summed E-state index contributed by atoms with van der Waals surface area (Å²) in [5.74, 6) is 0.499. The fraction of sp³-hybridized carbons (Fsp3) is 1.00. The average molecular weight is 239 g/mol. The lowest BCUT2D eigenvalue weighted by Gasteiger charge is -2.28. The maximum atomic E-state index is 12.1. The molecule has 0 aromatic carbocycles. The van der Waals surface area contributed by atoms with Crippen molar-refractivity contribution in [1.82, 2.24) is 4.90 Å². The SMILES string of the molecule is CN(CC1CCCCC1)CC(O)C(F)(F)F. The van der Waals surface area contributed by atoms with Gasteiger partial charge in [-0.3, -0.25) is 0 Å². The van der Waals surface area contributed by atoms with Crippen molar-refractivity contribution in [1.29, 1.82) is 0 Å². The van der Waals surface area contributed by atoms with Gasteiger partial charge >= 0.3 is 6.18 Å². The van der Waals surface area contributed by atoms with Crippen molar-refractivity contribution in [2.45, 2.75) is 44.4 Å². The van der Waals surface area contributed by atoms with Gasteiger partial charge < -0.3 is 10.0 Å². The van der Waals surface area contributed by atoms with E-state index in [1.54, 1.807) is 11.9 Å². The first-order valence-electron chi connectivity index (χ1n) is 5.83. The number of hydrogen-bond donors (Lipinski definition) is 1. The van der Waals surface area contributed by atoms with Crippen LogP contribution in [0, 0.1) is 5.92 Å². The molecule has 1 rings (SSSR count). The van der Waals surface area contributed by atoms with Crippen molar-refractivity contribution in [3.63, 3.8) is 0 Å². The summed E-state index contributed by atoms with van der Waals surface area (Å²) in [4.78, 5) is 1.59. The third kappa shape index (κ3) is 4.70. The van der Waals surface area contributed by atoms with Crippen LogP contribution in [0.4, 0.5) is 13.2 Å². The van der Waals surface area contributed by atoms with Crippen LogP contribution >= 0.6 is 0 Å². The zero-order chi connectivity index (χ0) is 12.2. The lowest BCUT2D eigenvalue weighted by molar-refractivity contribution is -0.207. The molecule has 96 valence electrons. The van der Waals surface area contributed by atoms with E-state index in [0.717, 1.165) is 12.8 Å². The van der Waals surface area contributed by atoms with Crippen LogP contribution in [0.1, 0.15) is 32.1 Å². The van der Waals surface area contributed by atoms with Gasteiger partial charge in [-0.2, -0.15) is 13.2 Å². The summed E-state index contributed by atoms with van der Waals surface area (Å²) < 4.78 is 36.3. The van der Waals surface area contributed by atoms with Crippen LogP contribution in [-0.4, -0.2) is 42.4 Å². The van der Waals surface area contributed by atoms with Crippen LogP contribution in [0.3, 0.4) is 0 Å². The molecule has 0 aromatic heterocycles. The number of alkyl halides is 3. The Morgan fingerprint density at radius 3 is 2.31 bits per heavy atom. The Morgan fingerprint density at radius 1 is 1.25 bits per heavy atom. The molecule has 1 aliphatic rings. The normalized spacial score (nSPS) is 21.4. The molecule has 0 aromatic rings. The van der Waals surface area contributed by atoms with Crippen LogP contribution in [0.5, 0.6) is 0 Å². The molecule has 16 heavy (non-hydrogen) atoms. The van der Waals surface area contributed by atoms with Crippen LogP contribution in [-0.2, 0) is 0 Å². The fourth-order valence-corrected chi connectivity index (χ4v) is 2.28. The highest BCUT2D eigenvalue weighted by atomic mass is 19.4. The molecular formula is C11H20F3NO. The molecule has 1 aliphatic carbocycles. The zero-order valence-electron chi connectivity index (χ0n) is 9.63. The van der Waals surface area contributed by atoms with Crippen molar-refractivity contribution in [2.24, 2.45) is 5.92 Å². The molecule has 2 nitrogen and oxygen atoms in total. The molecule has 0 bridgehead atoms. The summed E-state index contributed by atoms with van der Waals surface area (Å²) in [5.41, 5.74) is 0. The van der Waals surface area contributed by atoms with E-state index in [1.807, 2.05) is 0 Å². The molecule has 0 spiro atoms. The average Bonchev–Trinajstić information content (AvgIpc) is 2.17. The van der Waals surface area contributed by atoms with Gasteiger partial charge in [0.15, 0.2) is 6.10 Å². The van der Waals surface area contributed by atoms with Gasteiger partial charge in [-0.15, -0.1) is 0 Å². The van der Waals surface area contributed by atoms with Crippen molar-refractivity contribution in [3.8, 4) is 0 Å². The highest BCUT2D eigenvalue weighted by molar-refractivity contribution is 4.73. The summed E-state index contributed by atoms with van der Waals surface area (Å²) in [6.07, 6.45) is -0.910. The Morgan fingerprint density at radius 2 is 1.81 bits per heavy atom. The van der Waals surface area contributed by atoms with Gasteiger partial charge in [0.2, 0.25) is 0 Å². The quantitative estimate of drug-likeness (QED) is 0.814. The summed E-state index contributed by atoms with van der Waals surface area (Å²) in [6, 6.07) is 0. The van der Waals surface area contributed by atoms with E-state index >= 15 is 0 Å². The number of rotatable bonds is 4. The molecule has 1 fully saturated rings. The van der Waals surface area contributed by atoms with Gasteiger partial charge in [-0.1, -0.05) is 19.3 Å². The Bertz CT molecular complexity index is 202. The Kier molecular flexibility index (Phi) is 5.05. The number of halogens is 3. The summed E-state index contributed by atoms with van der Waals surface area (Å²) in [7, 11) is 1.64. The van der Waals surface area contributed by atoms with E-state index in [4.69, 9.17) is 5.11 Å². The molecule has 0 heterocycles. The van der Waals surface area contributed by atoms with Gasteiger partial charge in [-0.25, -0.2) is 0 Å². The van der Waals surface area contributed by atoms with Crippen molar-refractivity contribution in [3.05, 3.63) is 0 Å². The molecule has 1 saturated carbocycles. The summed E-state index contributed by atoms with van der Waals surface area (Å²) >= 11 is 0. The predicted molar refractivity (Wildman–Crippen MR) is 56.1 cm³/mol. The van der Waals surface area contributed by atoms with Crippen LogP contribution in [0.25, 0.3) is 0 Å². The Hall–Kier alpha value is -0.290. The van der Waals surface area contributed by atoms with Gasteiger partial charge in [0, 0.05) is 13.1 Å². The summed E-state index contributed by atoms with van der Waals surface area (Å²) in [6.45, 7) is 0.340. The van der Waals surface area contributed by atoms with Crippen molar-refractivity contribution < 1.29 is 18.3 Å². The number of nitrogens with zero attached hydrogens (tertiary/aromatic N) is 1. The van der Waals surface area contributed by atoms with E-state index in [9.17, 15) is 13.2 Å². The van der Waals surface area contributed by atoms with E-state index in [1.165, 1.54) is 19.3 Å². The van der Waals surface area contributed by atoms with Crippen LogP contribution in [0.2, 0.25) is 0 Å². The third-order valence-electron chi connectivity index (χ3n) is 3.16. The van der Waals surface area contributed by atoms with Crippen molar-refractivity contribution in [2.75, 3.05) is 20.1 Å². The van der Waals surface area contributed by atoms with Gasteiger partial charge in [0.25, 0.3) is 0 Å². The van der Waals surface area contributed by atoms with Crippen LogP contribution in [0.15, 0.2) is 0 Å². The van der Waals surface area contributed by atoms with E-state index in [-0.39, 0.29) is 6.54 Å². The van der Waals surface area contributed by atoms with Crippen LogP contribution < -0.4 is 0 Å². The minimum absolute atomic E-state index is 0.319. The molecule has 0 aliphatic heterocycles. The first-order valence-corrected chi connectivity index (χ1v) is 5.83. The monoisotopic (exact) mass is 239 g/mol. The second kappa shape index (κ2) is 5.87. The predicted octanol–water partition coefficient (Wildman–Crippen LogP) is 2.42. The maximum Gasteiger partial charge on any atom is 0.415 e. The molecule has 0 saturated heterocycles. The molecule has 1 N–H and O–H groups in total. The molecule has 1 atom stereocenters. The number of aliphatic hydroxyl groups is 1. The topological polar surface area (TPSA) is 23.5 Å². The van der Waals surface area contributed by atoms with E-state index < -0.39 is 12.3 Å². The standard InChI is InChI=1S/C11H20F3NO/c1-15(8-10(16)11(12,13)14)7-9-5-3-2-4-6-9/h9-10,16H,2-8H2,1H3. The second-order valence-electron chi connectivity index (χ2n) is 4.78. The first kappa shape index (κ1) is 13.8. The zero-order valence-corrected chi connectivity index (χ0v) is 9.63. The minimum Gasteiger partial charge on any atom is -0.382 e. The van der Waals surface area contributed by atoms with Gasteiger partial charge in [0.05, 0.1) is 0 Å². The van der Waals surface area contributed by atoms with Gasteiger partial charge in [-0.05, 0) is 25.8 Å². The molecular weight excluding hydrogens is 219 g/mol. The maximum absolute atomic E-state index is 12.1. The molecule has 1 unspecified atom stereocenters. The second-order valence-corrected chi connectivity index (χ2v) is 4.78. The molecule has 0 amide bonds. The number of likely N-dealkylation sites (N-methyl/N-ethyl adjacent to an activating group) is 1. The Labute approximate surface area is 94.4 Å². The Balaban J connectivity index is 2.26. The smallest absolute Gasteiger partial charge is 0.382 e. The summed E-state index contributed by atoms with van der Waals surface area (Å²) in [5, 5.41) is 8.92. The van der Waals surface area contributed by atoms with Crippen molar-refractivity contribution >= 4 is 0 Å².